The van der Waals surface area contributed by atoms with Gasteiger partial charge in [-0.3, -0.25) is 0 Å². The summed E-state index contributed by atoms with van der Waals surface area (Å²) in [6.45, 7) is 3.76. The van der Waals surface area contributed by atoms with Crippen molar-refractivity contribution in [3.63, 3.8) is 0 Å². The fourth-order valence-corrected chi connectivity index (χ4v) is 2.11. The lowest BCUT2D eigenvalue weighted by molar-refractivity contribution is -0.120. The minimum Gasteiger partial charge on any atom is -0.357 e. The van der Waals surface area contributed by atoms with Crippen LogP contribution in [-0.2, 0) is 6.42 Å². The number of hydrogen-bond acceptors (Lipinski definition) is 2. The third-order valence-corrected chi connectivity index (χ3v) is 2.87. The van der Waals surface area contributed by atoms with E-state index in [-0.39, 0.29) is 11.7 Å². The first-order valence-corrected chi connectivity index (χ1v) is 6.48. The van der Waals surface area contributed by atoms with Gasteiger partial charge >= 0.3 is 6.18 Å². The summed E-state index contributed by atoms with van der Waals surface area (Å²) >= 11 is 0. The lowest BCUT2D eigenvalue weighted by atomic mass is 10.0. The lowest BCUT2D eigenvalue weighted by Crippen LogP contribution is -2.40. The van der Waals surface area contributed by atoms with Crippen molar-refractivity contribution in [2.24, 2.45) is 5.73 Å². The van der Waals surface area contributed by atoms with Gasteiger partial charge in [0.05, 0.1) is 5.69 Å². The third-order valence-electron chi connectivity index (χ3n) is 2.87. The zero-order valence-electron chi connectivity index (χ0n) is 11.8. The van der Waals surface area contributed by atoms with Crippen molar-refractivity contribution in [2.75, 3.05) is 11.4 Å². The first-order valence-electron chi connectivity index (χ1n) is 6.48. The Kier molecular flexibility index (Phi) is 5.39. The molecule has 0 radical (unpaired) electrons. The molecule has 0 aliphatic heterocycles. The fraction of sp³-hybridized carbons (Fsp3) is 0.571. The van der Waals surface area contributed by atoms with Gasteiger partial charge in [-0.25, -0.2) is 4.39 Å². The Morgan fingerprint density at radius 1 is 1.20 bits per heavy atom. The van der Waals surface area contributed by atoms with E-state index in [2.05, 4.69) is 0 Å². The molecule has 114 valence electrons. The van der Waals surface area contributed by atoms with Crippen LogP contribution in [-0.4, -0.2) is 24.8 Å². The molecular weight excluding hydrogens is 272 g/mol. The highest BCUT2D eigenvalue weighted by Gasteiger charge is 2.33. The van der Waals surface area contributed by atoms with E-state index in [1.807, 2.05) is 0 Å². The van der Waals surface area contributed by atoms with Crippen molar-refractivity contribution < 1.29 is 17.6 Å². The maximum absolute atomic E-state index is 14.0. The van der Waals surface area contributed by atoms with Crippen LogP contribution in [0.5, 0.6) is 0 Å². The fourth-order valence-electron chi connectivity index (χ4n) is 2.11. The van der Waals surface area contributed by atoms with Crippen molar-refractivity contribution in [3.05, 3.63) is 29.6 Å². The molecule has 1 rings (SSSR count). The maximum Gasteiger partial charge on any atom is 0.405 e. The Morgan fingerprint density at radius 2 is 1.80 bits per heavy atom. The largest absolute Gasteiger partial charge is 0.405 e. The number of anilines is 1. The van der Waals surface area contributed by atoms with E-state index >= 15 is 0 Å². The van der Waals surface area contributed by atoms with Crippen LogP contribution in [0.3, 0.4) is 0 Å². The second-order valence-electron chi connectivity index (χ2n) is 5.27. The monoisotopic (exact) mass is 292 g/mol. The highest BCUT2D eigenvalue weighted by atomic mass is 19.4. The summed E-state index contributed by atoms with van der Waals surface area (Å²) in [7, 11) is 0. The molecule has 20 heavy (non-hydrogen) atoms. The Morgan fingerprint density at radius 3 is 2.25 bits per heavy atom. The Balaban J connectivity index is 3.24. The number of alkyl halides is 3. The molecule has 0 saturated carbocycles. The first kappa shape index (κ1) is 16.8. The van der Waals surface area contributed by atoms with Gasteiger partial charge in [0.1, 0.15) is 12.4 Å². The molecule has 6 heteroatoms. The van der Waals surface area contributed by atoms with Gasteiger partial charge in [-0.1, -0.05) is 12.1 Å². The number of rotatable bonds is 5. The molecule has 0 aliphatic rings. The zero-order chi connectivity index (χ0) is 15.5. The van der Waals surface area contributed by atoms with Crippen molar-refractivity contribution in [2.45, 2.75) is 45.5 Å². The molecule has 1 unspecified atom stereocenters. The Hall–Kier alpha value is -1.30. The van der Waals surface area contributed by atoms with E-state index in [0.29, 0.717) is 12.0 Å². The van der Waals surface area contributed by atoms with Gasteiger partial charge in [-0.05, 0) is 38.8 Å². The summed E-state index contributed by atoms with van der Waals surface area (Å²) in [6, 6.07) is 3.55. The Labute approximate surface area is 116 Å². The van der Waals surface area contributed by atoms with Gasteiger partial charge in [0.2, 0.25) is 0 Å². The normalized spacial score (nSPS) is 13.7. The molecular formula is C14H20F4N2. The van der Waals surface area contributed by atoms with Gasteiger partial charge in [-0.2, -0.15) is 13.2 Å². The van der Waals surface area contributed by atoms with Crippen LogP contribution in [0.25, 0.3) is 0 Å². The minimum atomic E-state index is -4.39. The zero-order valence-corrected chi connectivity index (χ0v) is 11.8. The smallest absolute Gasteiger partial charge is 0.357 e. The van der Waals surface area contributed by atoms with E-state index in [1.165, 1.54) is 12.1 Å². The Bertz CT molecular complexity index is 441. The van der Waals surface area contributed by atoms with Gasteiger partial charge in [0.25, 0.3) is 0 Å². The topological polar surface area (TPSA) is 29.3 Å². The third kappa shape index (κ3) is 4.67. The highest BCUT2D eigenvalue weighted by Crippen LogP contribution is 2.30. The van der Waals surface area contributed by atoms with E-state index in [9.17, 15) is 17.6 Å². The summed E-state index contributed by atoms with van der Waals surface area (Å²) in [4.78, 5) is 1.03. The number of halogens is 4. The number of para-hydroxylation sites is 1. The van der Waals surface area contributed by atoms with Crippen LogP contribution in [0.1, 0.15) is 26.3 Å². The molecule has 0 heterocycles. The summed E-state index contributed by atoms with van der Waals surface area (Å²) in [6.07, 6.45) is -4.06. The van der Waals surface area contributed by atoms with Gasteiger partial charge in [-0.15, -0.1) is 0 Å². The second kappa shape index (κ2) is 6.43. The van der Waals surface area contributed by atoms with E-state index in [0.717, 1.165) is 4.90 Å². The number of nitrogens with zero attached hydrogens (tertiary/aromatic N) is 1. The predicted octanol–water partition coefficient (Wildman–Crippen LogP) is 3.49. The molecule has 0 spiro atoms. The first-order chi connectivity index (χ1) is 9.11. The summed E-state index contributed by atoms with van der Waals surface area (Å²) in [5, 5.41) is 0. The van der Waals surface area contributed by atoms with Crippen LogP contribution >= 0.6 is 0 Å². The number of nitrogens with two attached hydrogens (primary N) is 1. The molecule has 0 amide bonds. The van der Waals surface area contributed by atoms with Crippen LogP contribution in [0, 0.1) is 5.82 Å². The van der Waals surface area contributed by atoms with Crippen LogP contribution in [0.2, 0.25) is 0 Å². The van der Waals surface area contributed by atoms with Gasteiger partial charge < -0.3 is 10.6 Å². The lowest BCUT2D eigenvalue weighted by Gasteiger charge is -2.32. The standard InChI is InChI=1S/C14H20F4N2/c1-9(2)20(8-14(16,17)18)13-11(7-10(3)19)5-4-6-12(13)15/h4-6,9-10H,7-8,19H2,1-3H3. The van der Waals surface area contributed by atoms with Crippen molar-refractivity contribution >= 4 is 5.69 Å². The molecule has 1 aromatic rings. The molecule has 0 bridgehead atoms. The molecule has 0 aromatic heterocycles. The molecule has 1 atom stereocenters. The van der Waals surface area contributed by atoms with Crippen LogP contribution in [0.15, 0.2) is 18.2 Å². The summed E-state index contributed by atoms with van der Waals surface area (Å²) in [5.41, 5.74) is 6.18. The van der Waals surface area contributed by atoms with E-state index < -0.39 is 24.6 Å². The summed E-state index contributed by atoms with van der Waals surface area (Å²) in [5.74, 6) is -0.652. The van der Waals surface area contributed by atoms with Gasteiger partial charge in [0.15, 0.2) is 0 Å². The average Bonchev–Trinajstić information content (AvgIpc) is 2.24. The highest BCUT2D eigenvalue weighted by molar-refractivity contribution is 5.56. The molecule has 0 fully saturated rings. The van der Waals surface area contributed by atoms with Crippen LogP contribution in [0.4, 0.5) is 23.2 Å². The number of benzene rings is 1. The molecule has 2 nitrogen and oxygen atoms in total. The van der Waals surface area contributed by atoms with Crippen molar-refractivity contribution in [1.82, 2.24) is 0 Å². The minimum absolute atomic E-state index is 0.00266. The van der Waals surface area contributed by atoms with Gasteiger partial charge in [0, 0.05) is 12.1 Å². The second-order valence-corrected chi connectivity index (χ2v) is 5.27. The van der Waals surface area contributed by atoms with E-state index in [1.54, 1.807) is 26.8 Å². The molecule has 2 N–H and O–H groups in total. The summed E-state index contributed by atoms with van der Waals surface area (Å²) < 4.78 is 52.1. The van der Waals surface area contributed by atoms with E-state index in [4.69, 9.17) is 5.73 Å². The van der Waals surface area contributed by atoms with Crippen LogP contribution < -0.4 is 10.6 Å². The molecule has 0 aliphatic carbocycles. The quantitative estimate of drug-likeness (QED) is 0.842. The van der Waals surface area contributed by atoms with Crippen molar-refractivity contribution in [3.8, 4) is 0 Å². The maximum atomic E-state index is 14.0. The SMILES string of the molecule is CC(N)Cc1cccc(F)c1N(CC(F)(F)F)C(C)C. The molecule has 1 aromatic carbocycles. The predicted molar refractivity (Wildman–Crippen MR) is 72.3 cm³/mol. The van der Waals surface area contributed by atoms with Crippen molar-refractivity contribution in [1.29, 1.82) is 0 Å². The average molecular weight is 292 g/mol. The molecule has 0 saturated heterocycles. The number of hydrogen-bond donors (Lipinski definition) is 1.